The highest BCUT2D eigenvalue weighted by Gasteiger charge is 2.10. The zero-order valence-electron chi connectivity index (χ0n) is 12.5. The van der Waals surface area contributed by atoms with Crippen molar-refractivity contribution in [1.29, 1.82) is 0 Å². The molecule has 0 radical (unpaired) electrons. The minimum Gasteiger partial charge on any atom is -0.339 e. The molecule has 0 aliphatic rings. The van der Waals surface area contributed by atoms with Crippen LogP contribution in [0.4, 0.5) is 10.5 Å². The Balaban J connectivity index is 2.05. The third kappa shape index (κ3) is 5.16. The van der Waals surface area contributed by atoms with Crippen LogP contribution in [0.25, 0.3) is 0 Å². The average Bonchev–Trinajstić information content (AvgIpc) is 2.48. The van der Waals surface area contributed by atoms with Crippen LogP contribution in [0.3, 0.4) is 0 Å². The van der Waals surface area contributed by atoms with Gasteiger partial charge in [-0.1, -0.05) is 23.2 Å². The molecular weight excluding hydrogens is 355 g/mol. The molecule has 2 amide bonds. The van der Waals surface area contributed by atoms with Gasteiger partial charge in [-0.15, -0.1) is 0 Å². The maximum absolute atomic E-state index is 12.2. The van der Waals surface area contributed by atoms with Crippen LogP contribution in [0, 0.1) is 0 Å². The molecule has 120 valence electrons. The van der Waals surface area contributed by atoms with Crippen molar-refractivity contribution in [3.05, 3.63) is 58.1 Å². The average molecular weight is 369 g/mol. The summed E-state index contributed by atoms with van der Waals surface area (Å²) in [4.78, 5) is 26.1. The minimum atomic E-state index is -0.306. The molecule has 0 heterocycles. The lowest BCUT2D eigenvalue weighted by molar-refractivity contribution is 0.102. The number of carbonyl (C=O) groups excluding carboxylic acids is 2. The van der Waals surface area contributed by atoms with Crippen molar-refractivity contribution in [3.63, 3.8) is 0 Å². The van der Waals surface area contributed by atoms with E-state index in [-0.39, 0.29) is 11.1 Å². The Morgan fingerprint density at radius 1 is 1.00 bits per heavy atom. The normalized spacial score (nSPS) is 10.3. The number of nitrogens with zero attached hydrogens (tertiary/aromatic N) is 1. The SMILES string of the molecule is CN(C)C(=O)Sc1ccc(NC(=O)c2cc(Cl)cc(Cl)c2)cc1. The largest absolute Gasteiger partial charge is 0.339 e. The van der Waals surface area contributed by atoms with Crippen molar-refractivity contribution in [2.45, 2.75) is 4.90 Å². The number of carbonyl (C=O) groups is 2. The van der Waals surface area contributed by atoms with Crippen molar-refractivity contribution in [3.8, 4) is 0 Å². The summed E-state index contributed by atoms with van der Waals surface area (Å²) in [5.74, 6) is -0.306. The summed E-state index contributed by atoms with van der Waals surface area (Å²) in [7, 11) is 3.39. The molecule has 7 heteroatoms. The number of benzene rings is 2. The Bertz CT molecular complexity index is 713. The van der Waals surface area contributed by atoms with Gasteiger partial charge in [-0.05, 0) is 54.2 Å². The highest BCUT2D eigenvalue weighted by Crippen LogP contribution is 2.23. The summed E-state index contributed by atoms with van der Waals surface area (Å²) in [6.45, 7) is 0. The van der Waals surface area contributed by atoms with Crippen molar-refractivity contribution in [2.75, 3.05) is 19.4 Å². The van der Waals surface area contributed by atoms with Crippen LogP contribution in [0.1, 0.15) is 10.4 Å². The predicted molar refractivity (Wildman–Crippen MR) is 95.8 cm³/mol. The molecule has 4 nitrogen and oxygen atoms in total. The van der Waals surface area contributed by atoms with Crippen LogP contribution < -0.4 is 5.32 Å². The lowest BCUT2D eigenvalue weighted by Crippen LogP contribution is -2.16. The molecule has 2 aromatic rings. The number of halogens is 2. The van der Waals surface area contributed by atoms with Gasteiger partial charge in [0.25, 0.3) is 11.1 Å². The molecule has 0 aliphatic carbocycles. The van der Waals surface area contributed by atoms with Gasteiger partial charge in [0, 0.05) is 40.3 Å². The Kier molecular flexibility index (Phi) is 5.93. The predicted octanol–water partition coefficient (Wildman–Crippen LogP) is 5.02. The number of anilines is 1. The van der Waals surface area contributed by atoms with Crippen LogP contribution in [-0.4, -0.2) is 30.1 Å². The van der Waals surface area contributed by atoms with Gasteiger partial charge in [-0.3, -0.25) is 9.59 Å². The van der Waals surface area contributed by atoms with Gasteiger partial charge in [0.05, 0.1) is 0 Å². The van der Waals surface area contributed by atoms with E-state index in [0.29, 0.717) is 21.3 Å². The van der Waals surface area contributed by atoms with E-state index in [0.717, 1.165) is 16.7 Å². The van der Waals surface area contributed by atoms with E-state index in [2.05, 4.69) is 5.32 Å². The quantitative estimate of drug-likeness (QED) is 0.773. The first kappa shape index (κ1) is 17.7. The van der Waals surface area contributed by atoms with Gasteiger partial charge < -0.3 is 10.2 Å². The number of thioether (sulfide) groups is 1. The second-order valence-electron chi connectivity index (χ2n) is 4.90. The first-order valence-electron chi connectivity index (χ1n) is 6.62. The van der Waals surface area contributed by atoms with E-state index in [4.69, 9.17) is 23.2 Å². The Morgan fingerprint density at radius 2 is 1.57 bits per heavy atom. The molecular formula is C16H14Cl2N2O2S. The Morgan fingerprint density at radius 3 is 2.09 bits per heavy atom. The molecule has 2 rings (SSSR count). The van der Waals surface area contributed by atoms with Crippen molar-refractivity contribution >= 4 is 51.8 Å². The van der Waals surface area contributed by atoms with E-state index in [9.17, 15) is 9.59 Å². The van der Waals surface area contributed by atoms with E-state index >= 15 is 0 Å². The second-order valence-corrected chi connectivity index (χ2v) is 6.80. The molecule has 0 atom stereocenters. The summed E-state index contributed by atoms with van der Waals surface area (Å²) < 4.78 is 0. The third-order valence-electron chi connectivity index (χ3n) is 2.81. The van der Waals surface area contributed by atoms with Crippen LogP contribution in [0.15, 0.2) is 47.4 Å². The van der Waals surface area contributed by atoms with Crippen LogP contribution in [0.2, 0.25) is 10.0 Å². The highest BCUT2D eigenvalue weighted by molar-refractivity contribution is 8.13. The molecule has 0 bridgehead atoms. The minimum absolute atomic E-state index is 0.0599. The van der Waals surface area contributed by atoms with Gasteiger partial charge in [0.1, 0.15) is 0 Å². The van der Waals surface area contributed by atoms with E-state index in [1.54, 1.807) is 56.6 Å². The lowest BCUT2D eigenvalue weighted by atomic mass is 10.2. The molecule has 0 spiro atoms. The molecule has 23 heavy (non-hydrogen) atoms. The van der Waals surface area contributed by atoms with Crippen LogP contribution in [0.5, 0.6) is 0 Å². The Labute approximate surface area is 148 Å². The van der Waals surface area contributed by atoms with Gasteiger partial charge in [-0.2, -0.15) is 0 Å². The number of hydrogen-bond donors (Lipinski definition) is 1. The van der Waals surface area contributed by atoms with Crippen molar-refractivity contribution in [1.82, 2.24) is 4.90 Å². The van der Waals surface area contributed by atoms with Crippen molar-refractivity contribution in [2.24, 2.45) is 0 Å². The van der Waals surface area contributed by atoms with Gasteiger partial charge in [0.15, 0.2) is 0 Å². The highest BCUT2D eigenvalue weighted by atomic mass is 35.5. The van der Waals surface area contributed by atoms with E-state index < -0.39 is 0 Å². The van der Waals surface area contributed by atoms with Gasteiger partial charge >= 0.3 is 0 Å². The number of nitrogens with one attached hydrogen (secondary N) is 1. The Hall–Kier alpha value is -1.69. The lowest BCUT2D eigenvalue weighted by Gasteiger charge is -2.10. The summed E-state index contributed by atoms with van der Waals surface area (Å²) in [6.07, 6.45) is 0. The first-order chi connectivity index (χ1) is 10.8. The number of rotatable bonds is 3. The fraction of sp³-hybridized carbons (Fsp3) is 0.125. The van der Waals surface area contributed by atoms with Gasteiger partial charge in [0.2, 0.25) is 0 Å². The molecule has 0 unspecified atom stereocenters. The summed E-state index contributed by atoms with van der Waals surface area (Å²) >= 11 is 12.9. The molecule has 0 saturated carbocycles. The molecule has 0 fully saturated rings. The zero-order valence-corrected chi connectivity index (χ0v) is 14.8. The monoisotopic (exact) mass is 368 g/mol. The fourth-order valence-corrected chi connectivity index (χ4v) is 2.87. The topological polar surface area (TPSA) is 49.4 Å². The summed E-state index contributed by atoms with van der Waals surface area (Å²) in [6, 6.07) is 11.7. The zero-order chi connectivity index (χ0) is 17.0. The first-order valence-corrected chi connectivity index (χ1v) is 8.19. The van der Waals surface area contributed by atoms with Gasteiger partial charge in [-0.25, -0.2) is 0 Å². The molecule has 1 N–H and O–H groups in total. The van der Waals surface area contributed by atoms with Crippen molar-refractivity contribution < 1.29 is 9.59 Å². The second kappa shape index (κ2) is 7.73. The molecule has 0 aromatic heterocycles. The maximum atomic E-state index is 12.2. The van der Waals surface area contributed by atoms with E-state index in [1.807, 2.05) is 0 Å². The number of amides is 2. The van der Waals surface area contributed by atoms with Crippen LogP contribution >= 0.6 is 35.0 Å². The standard InChI is InChI=1S/C16H14Cl2N2O2S/c1-20(2)16(22)23-14-5-3-13(4-6-14)19-15(21)10-7-11(17)9-12(18)8-10/h3-9H,1-2H3,(H,19,21). The maximum Gasteiger partial charge on any atom is 0.285 e. The molecule has 0 aliphatic heterocycles. The van der Waals surface area contributed by atoms with E-state index in [1.165, 1.54) is 4.90 Å². The fourth-order valence-electron chi connectivity index (χ4n) is 1.69. The number of hydrogen-bond acceptors (Lipinski definition) is 3. The summed E-state index contributed by atoms with van der Waals surface area (Å²) in [5, 5.41) is 3.49. The molecule has 0 saturated heterocycles. The summed E-state index contributed by atoms with van der Waals surface area (Å²) in [5.41, 5.74) is 0.997. The third-order valence-corrected chi connectivity index (χ3v) is 4.29. The molecule has 2 aromatic carbocycles. The smallest absolute Gasteiger partial charge is 0.285 e. The van der Waals surface area contributed by atoms with Crippen LogP contribution in [-0.2, 0) is 0 Å².